The lowest BCUT2D eigenvalue weighted by Crippen LogP contribution is -2.10. The molecule has 3 N–H and O–H groups in total. The second kappa shape index (κ2) is 9.43. The number of nitrogens with one attached hydrogen (secondary N) is 1. The van der Waals surface area contributed by atoms with E-state index in [9.17, 15) is 0 Å². The van der Waals surface area contributed by atoms with Crippen molar-refractivity contribution in [3.8, 4) is 0 Å². The lowest BCUT2D eigenvalue weighted by Gasteiger charge is -2.13. The third-order valence-electron chi connectivity index (χ3n) is 3.55. The molecule has 2 aromatic carbocycles. The molecule has 0 amide bonds. The summed E-state index contributed by atoms with van der Waals surface area (Å²) in [6, 6.07) is 19.1. The van der Waals surface area contributed by atoms with Crippen molar-refractivity contribution in [3.05, 3.63) is 65.7 Å². The highest BCUT2D eigenvalue weighted by Gasteiger charge is 2.04. The number of hydrogen-bond acceptors (Lipinski definition) is 2. The Bertz CT molecular complexity index is 496. The van der Waals surface area contributed by atoms with Crippen LogP contribution in [0.25, 0.3) is 0 Å². The van der Waals surface area contributed by atoms with Crippen LogP contribution < -0.4 is 11.1 Å². The van der Waals surface area contributed by atoms with E-state index in [1.165, 1.54) is 24.0 Å². The molecule has 0 aliphatic heterocycles. The van der Waals surface area contributed by atoms with Gasteiger partial charge in [-0.1, -0.05) is 62.2 Å². The van der Waals surface area contributed by atoms with Crippen LogP contribution in [0.5, 0.6) is 0 Å². The third-order valence-corrected chi connectivity index (χ3v) is 3.55. The Hall–Kier alpha value is -1.51. The maximum Gasteiger partial charge on any atom is 0.0400 e. The molecule has 3 heteroatoms. The molecule has 2 rings (SSSR count). The summed E-state index contributed by atoms with van der Waals surface area (Å²) in [6.07, 6.45) is 3.45. The van der Waals surface area contributed by atoms with E-state index in [0.29, 0.717) is 0 Å². The molecule has 0 aliphatic carbocycles. The molecule has 0 unspecified atom stereocenters. The number of nitrogens with two attached hydrogens (primary N) is 1. The van der Waals surface area contributed by atoms with Gasteiger partial charge in [-0.25, -0.2) is 0 Å². The highest BCUT2D eigenvalue weighted by atomic mass is 35.5. The van der Waals surface area contributed by atoms with E-state index in [4.69, 9.17) is 5.73 Å². The average Bonchev–Trinajstić information content (AvgIpc) is 2.52. The smallest absolute Gasteiger partial charge is 0.0400 e. The van der Waals surface area contributed by atoms with E-state index in [0.717, 1.165) is 18.7 Å². The Kier molecular flexibility index (Phi) is 7.88. The molecule has 2 nitrogen and oxygen atoms in total. The van der Waals surface area contributed by atoms with Gasteiger partial charge in [0.1, 0.15) is 0 Å². The second-order valence-corrected chi connectivity index (χ2v) is 5.21. The molecule has 0 saturated heterocycles. The molecule has 21 heavy (non-hydrogen) atoms. The Morgan fingerprint density at radius 1 is 1.00 bits per heavy atom. The van der Waals surface area contributed by atoms with Crippen LogP contribution >= 0.6 is 12.4 Å². The van der Waals surface area contributed by atoms with Gasteiger partial charge in [0.25, 0.3) is 0 Å². The first-order valence-corrected chi connectivity index (χ1v) is 7.43. The molecule has 0 heterocycles. The Labute approximate surface area is 134 Å². The highest BCUT2D eigenvalue weighted by Crippen LogP contribution is 2.19. The van der Waals surface area contributed by atoms with Crippen LogP contribution in [0.3, 0.4) is 0 Å². The number of hydrogen-bond donors (Lipinski definition) is 2. The second-order valence-electron chi connectivity index (χ2n) is 5.21. The SMILES string of the molecule is CCCC[C@@H](N)c1ccc(NCc2ccccc2)cc1.Cl. The van der Waals surface area contributed by atoms with Gasteiger partial charge in [-0.15, -0.1) is 12.4 Å². The molecular weight excluding hydrogens is 280 g/mol. The summed E-state index contributed by atoms with van der Waals surface area (Å²) in [5.41, 5.74) is 9.83. The van der Waals surface area contributed by atoms with Crippen LogP contribution in [0.1, 0.15) is 43.4 Å². The van der Waals surface area contributed by atoms with Gasteiger partial charge in [0, 0.05) is 18.3 Å². The zero-order valence-electron chi connectivity index (χ0n) is 12.6. The van der Waals surface area contributed by atoms with E-state index in [1.807, 2.05) is 6.07 Å². The van der Waals surface area contributed by atoms with Crippen LogP contribution in [-0.2, 0) is 6.54 Å². The van der Waals surface area contributed by atoms with Crippen molar-refractivity contribution in [2.75, 3.05) is 5.32 Å². The molecule has 1 atom stereocenters. The van der Waals surface area contributed by atoms with E-state index >= 15 is 0 Å². The average molecular weight is 305 g/mol. The number of benzene rings is 2. The fourth-order valence-corrected chi connectivity index (χ4v) is 2.24. The summed E-state index contributed by atoms with van der Waals surface area (Å²) in [5.74, 6) is 0. The molecule has 0 radical (unpaired) electrons. The summed E-state index contributed by atoms with van der Waals surface area (Å²) in [6.45, 7) is 3.05. The normalized spacial score (nSPS) is 11.5. The largest absolute Gasteiger partial charge is 0.381 e. The molecule has 2 aromatic rings. The van der Waals surface area contributed by atoms with Crippen molar-refractivity contribution in [2.24, 2.45) is 5.73 Å². The lowest BCUT2D eigenvalue weighted by atomic mass is 10.0. The summed E-state index contributed by atoms with van der Waals surface area (Å²) >= 11 is 0. The minimum atomic E-state index is 0. The number of halogens is 1. The van der Waals surface area contributed by atoms with Gasteiger partial charge in [0.05, 0.1) is 0 Å². The third kappa shape index (κ3) is 5.78. The predicted molar refractivity (Wildman–Crippen MR) is 93.9 cm³/mol. The van der Waals surface area contributed by atoms with Crippen molar-refractivity contribution >= 4 is 18.1 Å². The van der Waals surface area contributed by atoms with Crippen LogP contribution in [0.2, 0.25) is 0 Å². The van der Waals surface area contributed by atoms with Gasteiger partial charge in [-0.2, -0.15) is 0 Å². The van der Waals surface area contributed by atoms with Crippen LogP contribution in [-0.4, -0.2) is 0 Å². The minimum absolute atomic E-state index is 0. The van der Waals surface area contributed by atoms with Crippen molar-refractivity contribution < 1.29 is 0 Å². The molecule has 0 saturated carbocycles. The van der Waals surface area contributed by atoms with E-state index in [2.05, 4.69) is 60.8 Å². The standard InChI is InChI=1S/C18H24N2.ClH/c1-2-3-9-18(19)16-10-12-17(13-11-16)20-14-15-7-5-4-6-8-15;/h4-8,10-13,18,20H,2-3,9,14,19H2,1H3;1H/t18-;/m1./s1. The van der Waals surface area contributed by atoms with E-state index in [1.54, 1.807) is 0 Å². The van der Waals surface area contributed by atoms with E-state index in [-0.39, 0.29) is 18.4 Å². The molecule has 0 aliphatic rings. The Morgan fingerprint density at radius 3 is 2.29 bits per heavy atom. The summed E-state index contributed by atoms with van der Waals surface area (Å²) in [5, 5.41) is 3.43. The first-order chi connectivity index (χ1) is 9.79. The van der Waals surface area contributed by atoms with Gasteiger partial charge < -0.3 is 11.1 Å². The van der Waals surface area contributed by atoms with Gasteiger partial charge in [-0.05, 0) is 29.7 Å². The number of unbranched alkanes of at least 4 members (excludes halogenated alkanes) is 1. The van der Waals surface area contributed by atoms with Gasteiger partial charge in [-0.3, -0.25) is 0 Å². The quantitative estimate of drug-likeness (QED) is 0.762. The van der Waals surface area contributed by atoms with Crippen molar-refractivity contribution in [2.45, 2.75) is 38.8 Å². The zero-order valence-corrected chi connectivity index (χ0v) is 13.4. The summed E-state index contributed by atoms with van der Waals surface area (Å²) < 4.78 is 0. The topological polar surface area (TPSA) is 38.0 Å². The summed E-state index contributed by atoms with van der Waals surface area (Å²) in [4.78, 5) is 0. The van der Waals surface area contributed by atoms with Gasteiger partial charge in [0.15, 0.2) is 0 Å². The molecule has 0 fully saturated rings. The predicted octanol–water partition coefficient (Wildman–Crippen LogP) is 4.91. The van der Waals surface area contributed by atoms with Gasteiger partial charge >= 0.3 is 0 Å². The number of anilines is 1. The van der Waals surface area contributed by atoms with Crippen LogP contribution in [0.15, 0.2) is 54.6 Å². The molecule has 0 bridgehead atoms. The van der Waals surface area contributed by atoms with E-state index < -0.39 is 0 Å². The summed E-state index contributed by atoms with van der Waals surface area (Å²) in [7, 11) is 0. The number of rotatable bonds is 7. The monoisotopic (exact) mass is 304 g/mol. The Morgan fingerprint density at radius 2 is 1.67 bits per heavy atom. The Balaban J connectivity index is 0.00000220. The van der Waals surface area contributed by atoms with Crippen LogP contribution in [0, 0.1) is 0 Å². The fraction of sp³-hybridized carbons (Fsp3) is 0.333. The molecule has 114 valence electrons. The van der Waals surface area contributed by atoms with Crippen molar-refractivity contribution in [3.63, 3.8) is 0 Å². The molecule has 0 aromatic heterocycles. The lowest BCUT2D eigenvalue weighted by molar-refractivity contribution is 0.603. The zero-order chi connectivity index (χ0) is 14.2. The first-order valence-electron chi connectivity index (χ1n) is 7.43. The van der Waals surface area contributed by atoms with Gasteiger partial charge in [0.2, 0.25) is 0 Å². The molecule has 0 spiro atoms. The molecular formula is C18H25ClN2. The van der Waals surface area contributed by atoms with Crippen LogP contribution in [0.4, 0.5) is 5.69 Å². The highest BCUT2D eigenvalue weighted by molar-refractivity contribution is 5.85. The maximum absolute atomic E-state index is 6.18. The maximum atomic E-state index is 6.18. The minimum Gasteiger partial charge on any atom is -0.381 e. The van der Waals surface area contributed by atoms with Crippen molar-refractivity contribution in [1.82, 2.24) is 0 Å². The fourth-order valence-electron chi connectivity index (χ4n) is 2.24. The first kappa shape index (κ1) is 17.5. The van der Waals surface area contributed by atoms with Crippen molar-refractivity contribution in [1.29, 1.82) is 0 Å².